The summed E-state index contributed by atoms with van der Waals surface area (Å²) in [4.78, 5) is 17.5. The summed E-state index contributed by atoms with van der Waals surface area (Å²) < 4.78 is 7.20. The quantitative estimate of drug-likeness (QED) is 0.551. The van der Waals surface area contributed by atoms with Crippen LogP contribution in [0.2, 0.25) is 0 Å². The minimum atomic E-state index is -0.106. The number of para-hydroxylation sites is 2. The lowest BCUT2D eigenvalue weighted by Crippen LogP contribution is -2.20. The summed E-state index contributed by atoms with van der Waals surface area (Å²) in [6.07, 6.45) is 0.669. The van der Waals surface area contributed by atoms with Gasteiger partial charge in [0.15, 0.2) is 0 Å². The van der Waals surface area contributed by atoms with Gasteiger partial charge in [0.05, 0.1) is 18.1 Å². The zero-order chi connectivity index (χ0) is 19.3. The van der Waals surface area contributed by atoms with E-state index < -0.39 is 0 Å². The molecule has 0 saturated heterocycles. The standard InChI is InChI=1S/C23H21N3O2/c1-28-19-11-7-10-18(15-19)24-23(27)16-26-21-13-6-5-12-20(21)25-22(26)14-17-8-3-2-4-9-17/h2-13,15H,14,16H2,1H3,(H,24,27). The van der Waals surface area contributed by atoms with Gasteiger partial charge in [0, 0.05) is 18.2 Å². The molecule has 1 aromatic heterocycles. The van der Waals surface area contributed by atoms with Crippen molar-refractivity contribution in [2.24, 2.45) is 0 Å². The van der Waals surface area contributed by atoms with E-state index in [0.29, 0.717) is 17.9 Å². The average molecular weight is 371 g/mol. The number of aromatic nitrogens is 2. The van der Waals surface area contributed by atoms with E-state index in [1.54, 1.807) is 13.2 Å². The fraction of sp³-hybridized carbons (Fsp3) is 0.130. The van der Waals surface area contributed by atoms with Crippen molar-refractivity contribution in [3.05, 3.63) is 90.3 Å². The fourth-order valence-electron chi connectivity index (χ4n) is 3.26. The number of hydrogen-bond acceptors (Lipinski definition) is 3. The Morgan fingerprint density at radius 1 is 1.00 bits per heavy atom. The SMILES string of the molecule is COc1cccc(NC(=O)Cn2c(Cc3ccccc3)nc3ccccc32)c1. The van der Waals surface area contributed by atoms with Gasteiger partial charge in [0.1, 0.15) is 18.1 Å². The van der Waals surface area contributed by atoms with Gasteiger partial charge in [-0.2, -0.15) is 0 Å². The van der Waals surface area contributed by atoms with Crippen LogP contribution in [0.5, 0.6) is 5.75 Å². The van der Waals surface area contributed by atoms with Gasteiger partial charge in [-0.3, -0.25) is 4.79 Å². The molecule has 1 heterocycles. The summed E-state index contributed by atoms with van der Waals surface area (Å²) in [5, 5.41) is 2.94. The Morgan fingerprint density at radius 3 is 2.61 bits per heavy atom. The Morgan fingerprint density at radius 2 is 1.79 bits per heavy atom. The van der Waals surface area contributed by atoms with Crippen LogP contribution in [0, 0.1) is 0 Å². The van der Waals surface area contributed by atoms with Crippen LogP contribution in [0.3, 0.4) is 0 Å². The molecule has 0 atom stereocenters. The number of nitrogens with zero attached hydrogens (tertiary/aromatic N) is 2. The summed E-state index contributed by atoms with van der Waals surface area (Å²) in [6, 6.07) is 25.4. The van der Waals surface area contributed by atoms with Gasteiger partial charge in [-0.25, -0.2) is 4.98 Å². The van der Waals surface area contributed by atoms with Crippen LogP contribution in [0.4, 0.5) is 5.69 Å². The molecule has 4 aromatic rings. The Balaban J connectivity index is 1.61. The molecule has 140 valence electrons. The van der Waals surface area contributed by atoms with Gasteiger partial charge >= 0.3 is 0 Å². The molecule has 0 aliphatic carbocycles. The minimum Gasteiger partial charge on any atom is -0.497 e. The zero-order valence-electron chi connectivity index (χ0n) is 15.6. The van der Waals surface area contributed by atoms with E-state index in [1.165, 1.54) is 0 Å². The van der Waals surface area contributed by atoms with Gasteiger partial charge in [0.25, 0.3) is 0 Å². The number of nitrogens with one attached hydrogen (secondary N) is 1. The summed E-state index contributed by atoms with van der Waals surface area (Å²) in [6.45, 7) is 0.194. The maximum atomic E-state index is 12.7. The molecule has 0 fully saturated rings. The second kappa shape index (κ2) is 7.96. The molecule has 5 nitrogen and oxygen atoms in total. The first-order chi connectivity index (χ1) is 13.7. The second-order valence-corrected chi connectivity index (χ2v) is 6.55. The first-order valence-electron chi connectivity index (χ1n) is 9.15. The van der Waals surface area contributed by atoms with E-state index in [2.05, 4.69) is 17.4 Å². The normalized spacial score (nSPS) is 10.8. The highest BCUT2D eigenvalue weighted by molar-refractivity contribution is 5.92. The van der Waals surface area contributed by atoms with E-state index in [0.717, 1.165) is 22.4 Å². The predicted molar refractivity (Wildman–Crippen MR) is 111 cm³/mol. The van der Waals surface area contributed by atoms with Crippen LogP contribution in [-0.4, -0.2) is 22.6 Å². The van der Waals surface area contributed by atoms with E-state index in [9.17, 15) is 4.79 Å². The van der Waals surface area contributed by atoms with Gasteiger partial charge in [-0.15, -0.1) is 0 Å². The molecule has 0 saturated carbocycles. The number of carbonyl (C=O) groups excluding carboxylic acids is 1. The van der Waals surface area contributed by atoms with Crippen molar-refractivity contribution in [3.8, 4) is 5.75 Å². The third kappa shape index (κ3) is 3.88. The molecular weight excluding hydrogens is 350 g/mol. The lowest BCUT2D eigenvalue weighted by atomic mass is 10.1. The van der Waals surface area contributed by atoms with Crippen molar-refractivity contribution in [1.82, 2.24) is 9.55 Å². The summed E-state index contributed by atoms with van der Waals surface area (Å²) in [5.74, 6) is 1.47. The van der Waals surface area contributed by atoms with Crippen molar-refractivity contribution in [3.63, 3.8) is 0 Å². The highest BCUT2D eigenvalue weighted by atomic mass is 16.5. The summed E-state index contributed by atoms with van der Waals surface area (Å²) >= 11 is 0. The van der Waals surface area contributed by atoms with Gasteiger partial charge < -0.3 is 14.6 Å². The molecule has 4 rings (SSSR count). The van der Waals surface area contributed by atoms with Gasteiger partial charge in [-0.1, -0.05) is 48.5 Å². The molecular formula is C23H21N3O2. The van der Waals surface area contributed by atoms with Gasteiger partial charge in [0.2, 0.25) is 5.91 Å². The number of fused-ring (bicyclic) bond motifs is 1. The van der Waals surface area contributed by atoms with Crippen molar-refractivity contribution in [1.29, 1.82) is 0 Å². The summed E-state index contributed by atoms with van der Waals surface area (Å²) in [5.41, 5.74) is 3.71. The van der Waals surface area contributed by atoms with Crippen LogP contribution >= 0.6 is 0 Å². The molecule has 0 aliphatic heterocycles. The smallest absolute Gasteiger partial charge is 0.244 e. The molecule has 5 heteroatoms. The lowest BCUT2D eigenvalue weighted by molar-refractivity contribution is -0.116. The second-order valence-electron chi connectivity index (χ2n) is 6.55. The molecule has 0 radical (unpaired) electrons. The number of anilines is 1. The number of carbonyl (C=O) groups is 1. The minimum absolute atomic E-state index is 0.106. The third-order valence-electron chi connectivity index (χ3n) is 4.59. The van der Waals surface area contributed by atoms with Crippen molar-refractivity contribution in [2.45, 2.75) is 13.0 Å². The fourth-order valence-corrected chi connectivity index (χ4v) is 3.26. The van der Waals surface area contributed by atoms with Crippen LogP contribution in [0.25, 0.3) is 11.0 Å². The highest BCUT2D eigenvalue weighted by Gasteiger charge is 2.14. The van der Waals surface area contributed by atoms with Crippen molar-refractivity contribution < 1.29 is 9.53 Å². The Kier molecular flexibility index (Phi) is 5.06. The summed E-state index contributed by atoms with van der Waals surface area (Å²) in [7, 11) is 1.61. The average Bonchev–Trinajstić information content (AvgIpc) is 3.06. The van der Waals surface area contributed by atoms with E-state index in [-0.39, 0.29) is 12.5 Å². The number of imidazole rings is 1. The van der Waals surface area contributed by atoms with E-state index in [4.69, 9.17) is 9.72 Å². The number of benzene rings is 3. The van der Waals surface area contributed by atoms with Gasteiger partial charge in [-0.05, 0) is 29.8 Å². The third-order valence-corrected chi connectivity index (χ3v) is 4.59. The number of hydrogen-bond donors (Lipinski definition) is 1. The van der Waals surface area contributed by atoms with Crippen LogP contribution in [0.1, 0.15) is 11.4 Å². The molecule has 28 heavy (non-hydrogen) atoms. The molecule has 1 N–H and O–H groups in total. The maximum Gasteiger partial charge on any atom is 0.244 e. The number of amides is 1. The maximum absolute atomic E-state index is 12.7. The van der Waals surface area contributed by atoms with Crippen molar-refractivity contribution in [2.75, 3.05) is 12.4 Å². The zero-order valence-corrected chi connectivity index (χ0v) is 15.6. The van der Waals surface area contributed by atoms with Crippen LogP contribution in [0.15, 0.2) is 78.9 Å². The largest absolute Gasteiger partial charge is 0.497 e. The number of methoxy groups -OCH3 is 1. The Hall–Kier alpha value is -3.60. The molecule has 0 unspecified atom stereocenters. The molecule has 0 spiro atoms. The lowest BCUT2D eigenvalue weighted by Gasteiger charge is -2.11. The predicted octanol–water partition coefficient (Wildman–Crippen LogP) is 4.27. The molecule has 3 aromatic carbocycles. The van der Waals surface area contributed by atoms with Crippen LogP contribution < -0.4 is 10.1 Å². The Labute approximate surface area is 163 Å². The Bertz CT molecular complexity index is 1100. The van der Waals surface area contributed by atoms with E-state index >= 15 is 0 Å². The van der Waals surface area contributed by atoms with E-state index in [1.807, 2.05) is 65.2 Å². The number of ether oxygens (including phenoxy) is 1. The molecule has 1 amide bonds. The van der Waals surface area contributed by atoms with Crippen LogP contribution in [-0.2, 0) is 17.8 Å². The van der Waals surface area contributed by atoms with Crippen molar-refractivity contribution >= 4 is 22.6 Å². The highest BCUT2D eigenvalue weighted by Crippen LogP contribution is 2.20. The number of rotatable bonds is 6. The molecule has 0 bridgehead atoms. The first-order valence-corrected chi connectivity index (χ1v) is 9.15. The first kappa shape index (κ1) is 17.8. The molecule has 0 aliphatic rings. The topological polar surface area (TPSA) is 56.1 Å². The monoisotopic (exact) mass is 371 g/mol.